The number of nitrogens with zero attached hydrogens (tertiary/aromatic N) is 1. The molecule has 2 aromatic rings. The summed E-state index contributed by atoms with van der Waals surface area (Å²) in [5.74, 6) is 0.456. The van der Waals surface area contributed by atoms with Gasteiger partial charge < -0.3 is 5.32 Å². The molecular weight excluding hydrogens is 274 g/mol. The predicted molar refractivity (Wildman–Crippen MR) is 86.8 cm³/mol. The first-order chi connectivity index (χ1) is 10.6. The smallest absolute Gasteiger partial charge is 0.271 e. The van der Waals surface area contributed by atoms with Crippen molar-refractivity contribution < 1.29 is 4.79 Å². The number of aromatic amines is 1. The van der Waals surface area contributed by atoms with Crippen LogP contribution in [0.4, 0.5) is 0 Å². The summed E-state index contributed by atoms with van der Waals surface area (Å²) in [6.07, 6.45) is 3.18. The number of hydrogen-bond acceptors (Lipinski definition) is 2. The summed E-state index contributed by atoms with van der Waals surface area (Å²) in [4.78, 5) is 12.3. The number of aromatic nitrogens is 2. The average Bonchev–Trinajstić information content (AvgIpc) is 3.17. The Hall–Kier alpha value is -2.10. The van der Waals surface area contributed by atoms with Crippen molar-refractivity contribution in [3.63, 3.8) is 0 Å². The highest BCUT2D eigenvalue weighted by Crippen LogP contribution is 2.47. The molecule has 4 nitrogen and oxygen atoms in total. The van der Waals surface area contributed by atoms with E-state index in [-0.39, 0.29) is 11.3 Å². The summed E-state index contributed by atoms with van der Waals surface area (Å²) in [6.45, 7) is 4.98. The molecule has 1 amide bonds. The van der Waals surface area contributed by atoms with Crippen molar-refractivity contribution in [2.45, 2.75) is 38.5 Å². The number of H-pyrrole nitrogens is 1. The monoisotopic (exact) mass is 297 g/mol. The lowest BCUT2D eigenvalue weighted by Gasteiger charge is -2.16. The normalized spacial score (nSPS) is 15.8. The third kappa shape index (κ3) is 3.21. The topological polar surface area (TPSA) is 57.8 Å². The second-order valence-electron chi connectivity index (χ2n) is 6.71. The van der Waals surface area contributed by atoms with Crippen LogP contribution in [0, 0.1) is 5.92 Å². The van der Waals surface area contributed by atoms with Crippen molar-refractivity contribution in [1.29, 1.82) is 0 Å². The number of hydrogen-bond donors (Lipinski definition) is 2. The van der Waals surface area contributed by atoms with E-state index in [2.05, 4.69) is 53.6 Å². The SMILES string of the molecule is CC(C)Cc1cc(C(=O)NCC2(c3ccccc3)CC2)n[nH]1. The molecule has 0 saturated heterocycles. The Morgan fingerprint density at radius 2 is 2.05 bits per heavy atom. The van der Waals surface area contributed by atoms with Gasteiger partial charge >= 0.3 is 0 Å². The summed E-state index contributed by atoms with van der Waals surface area (Å²) in [5, 5.41) is 10.1. The summed E-state index contributed by atoms with van der Waals surface area (Å²) in [5.41, 5.74) is 2.95. The molecule has 3 rings (SSSR count). The molecule has 116 valence electrons. The third-order valence-electron chi connectivity index (χ3n) is 4.32. The Labute approximate surface area is 131 Å². The molecule has 4 heteroatoms. The molecule has 0 unspecified atom stereocenters. The number of nitrogens with one attached hydrogen (secondary N) is 2. The third-order valence-corrected chi connectivity index (χ3v) is 4.32. The van der Waals surface area contributed by atoms with E-state index in [0.717, 1.165) is 25.0 Å². The molecule has 2 N–H and O–H groups in total. The highest BCUT2D eigenvalue weighted by Gasteiger charge is 2.44. The van der Waals surface area contributed by atoms with Crippen molar-refractivity contribution in [2.24, 2.45) is 5.92 Å². The van der Waals surface area contributed by atoms with Gasteiger partial charge in [0.2, 0.25) is 0 Å². The minimum absolute atomic E-state index is 0.0894. The number of amides is 1. The molecule has 0 aliphatic heterocycles. The van der Waals surface area contributed by atoms with Crippen molar-refractivity contribution in [3.05, 3.63) is 53.3 Å². The number of benzene rings is 1. The zero-order chi connectivity index (χ0) is 15.6. The Bertz CT molecular complexity index is 641. The van der Waals surface area contributed by atoms with Crippen LogP contribution in [0.25, 0.3) is 0 Å². The fourth-order valence-electron chi connectivity index (χ4n) is 2.87. The van der Waals surface area contributed by atoms with Crippen LogP contribution >= 0.6 is 0 Å². The maximum Gasteiger partial charge on any atom is 0.271 e. The van der Waals surface area contributed by atoms with Crippen molar-refractivity contribution in [2.75, 3.05) is 6.54 Å². The molecule has 1 aromatic heterocycles. The number of carbonyl (C=O) groups excluding carboxylic acids is 1. The van der Waals surface area contributed by atoms with Gasteiger partial charge in [-0.1, -0.05) is 44.2 Å². The second-order valence-corrected chi connectivity index (χ2v) is 6.71. The van der Waals surface area contributed by atoms with Crippen LogP contribution in [0.1, 0.15) is 48.4 Å². The molecule has 0 bridgehead atoms. The van der Waals surface area contributed by atoms with Crippen LogP contribution in [0.3, 0.4) is 0 Å². The van der Waals surface area contributed by atoms with Gasteiger partial charge in [-0.05, 0) is 36.8 Å². The van der Waals surface area contributed by atoms with E-state index in [1.807, 2.05) is 12.1 Å². The predicted octanol–water partition coefficient (Wildman–Crippen LogP) is 3.07. The summed E-state index contributed by atoms with van der Waals surface area (Å²) >= 11 is 0. The lowest BCUT2D eigenvalue weighted by atomic mass is 9.96. The minimum Gasteiger partial charge on any atom is -0.350 e. The molecule has 0 spiro atoms. The van der Waals surface area contributed by atoms with Crippen LogP contribution < -0.4 is 5.32 Å². The summed E-state index contributed by atoms with van der Waals surface area (Å²) in [6, 6.07) is 12.3. The van der Waals surface area contributed by atoms with E-state index < -0.39 is 0 Å². The Balaban J connectivity index is 1.60. The minimum atomic E-state index is -0.0894. The quantitative estimate of drug-likeness (QED) is 0.861. The van der Waals surface area contributed by atoms with Gasteiger partial charge in [0, 0.05) is 17.7 Å². The second kappa shape index (κ2) is 5.95. The van der Waals surface area contributed by atoms with Gasteiger partial charge in [0.15, 0.2) is 0 Å². The lowest BCUT2D eigenvalue weighted by molar-refractivity contribution is 0.0944. The molecule has 0 radical (unpaired) electrons. The Morgan fingerprint density at radius 1 is 1.32 bits per heavy atom. The van der Waals surface area contributed by atoms with Gasteiger partial charge in [-0.15, -0.1) is 0 Å². The van der Waals surface area contributed by atoms with Crippen LogP contribution in [0.2, 0.25) is 0 Å². The summed E-state index contributed by atoms with van der Waals surface area (Å²) in [7, 11) is 0. The van der Waals surface area contributed by atoms with Gasteiger partial charge in [-0.25, -0.2) is 0 Å². The highest BCUT2D eigenvalue weighted by molar-refractivity contribution is 5.92. The molecule has 1 fully saturated rings. The molecule has 22 heavy (non-hydrogen) atoms. The maximum absolute atomic E-state index is 12.3. The number of carbonyl (C=O) groups is 1. The first kappa shape index (κ1) is 14.8. The maximum atomic E-state index is 12.3. The van der Waals surface area contributed by atoms with Gasteiger partial charge in [0.1, 0.15) is 5.69 Å². The zero-order valence-corrected chi connectivity index (χ0v) is 13.2. The van der Waals surface area contributed by atoms with Crippen LogP contribution in [-0.4, -0.2) is 22.6 Å². The van der Waals surface area contributed by atoms with Crippen molar-refractivity contribution in [1.82, 2.24) is 15.5 Å². The van der Waals surface area contributed by atoms with Gasteiger partial charge in [0.05, 0.1) is 0 Å². The van der Waals surface area contributed by atoms with Gasteiger partial charge in [-0.3, -0.25) is 9.89 Å². The molecular formula is C18H23N3O. The fraction of sp³-hybridized carbons (Fsp3) is 0.444. The zero-order valence-electron chi connectivity index (χ0n) is 13.2. The lowest BCUT2D eigenvalue weighted by Crippen LogP contribution is -2.32. The first-order valence-corrected chi connectivity index (χ1v) is 7.97. The molecule has 1 aliphatic rings. The van der Waals surface area contributed by atoms with Crippen molar-refractivity contribution >= 4 is 5.91 Å². The van der Waals surface area contributed by atoms with Crippen molar-refractivity contribution in [3.8, 4) is 0 Å². The Morgan fingerprint density at radius 3 is 2.68 bits per heavy atom. The van der Waals surface area contributed by atoms with Gasteiger partial charge in [-0.2, -0.15) is 5.10 Å². The molecule has 0 atom stereocenters. The average molecular weight is 297 g/mol. The van der Waals surface area contributed by atoms with Crippen LogP contribution in [-0.2, 0) is 11.8 Å². The summed E-state index contributed by atoms with van der Waals surface area (Å²) < 4.78 is 0. The molecule has 1 aromatic carbocycles. The fourth-order valence-corrected chi connectivity index (χ4v) is 2.87. The Kier molecular flexibility index (Phi) is 4.01. The standard InChI is InChI=1S/C18H23N3O/c1-13(2)10-15-11-16(21-20-15)17(22)19-12-18(8-9-18)14-6-4-3-5-7-14/h3-7,11,13H,8-10,12H2,1-2H3,(H,19,22)(H,20,21). The van der Waals surface area contributed by atoms with Crippen LogP contribution in [0.5, 0.6) is 0 Å². The van der Waals surface area contributed by atoms with E-state index in [9.17, 15) is 4.79 Å². The van der Waals surface area contributed by atoms with E-state index in [0.29, 0.717) is 18.2 Å². The van der Waals surface area contributed by atoms with E-state index >= 15 is 0 Å². The van der Waals surface area contributed by atoms with E-state index in [4.69, 9.17) is 0 Å². The van der Waals surface area contributed by atoms with E-state index in [1.54, 1.807) is 0 Å². The largest absolute Gasteiger partial charge is 0.350 e. The highest BCUT2D eigenvalue weighted by atomic mass is 16.1. The molecule has 1 heterocycles. The molecule has 1 aliphatic carbocycles. The number of rotatable bonds is 6. The first-order valence-electron chi connectivity index (χ1n) is 7.97. The van der Waals surface area contributed by atoms with E-state index in [1.165, 1.54) is 5.56 Å². The molecule has 1 saturated carbocycles. The van der Waals surface area contributed by atoms with Gasteiger partial charge in [0.25, 0.3) is 5.91 Å². The van der Waals surface area contributed by atoms with Crippen LogP contribution in [0.15, 0.2) is 36.4 Å².